The average molecular weight is 210 g/mol. The average Bonchev–Trinajstić information content (AvgIpc) is 2.38. The molecule has 0 aliphatic heterocycles. The van der Waals surface area contributed by atoms with Gasteiger partial charge in [0.1, 0.15) is 11.8 Å². The second-order valence-electron chi connectivity index (χ2n) is 3.27. The Labute approximate surface area is 93.9 Å². The van der Waals surface area contributed by atoms with E-state index in [-0.39, 0.29) is 0 Å². The van der Waals surface area contributed by atoms with E-state index in [0.29, 0.717) is 5.56 Å². The third kappa shape index (κ3) is 1.86. The Morgan fingerprint density at radius 3 is 2.81 bits per heavy atom. The summed E-state index contributed by atoms with van der Waals surface area (Å²) < 4.78 is 5.26. The fraction of sp³-hybridized carbons (Fsp3) is 0.0769. The van der Waals surface area contributed by atoms with Crippen LogP contribution < -0.4 is 4.74 Å². The second kappa shape index (κ2) is 4.45. The van der Waals surface area contributed by atoms with Gasteiger partial charge >= 0.3 is 0 Å². The van der Waals surface area contributed by atoms with Crippen LogP contribution in [0.4, 0.5) is 0 Å². The zero-order valence-electron chi connectivity index (χ0n) is 8.84. The van der Waals surface area contributed by atoms with Gasteiger partial charge in [0.2, 0.25) is 0 Å². The molecular weight excluding hydrogens is 200 g/mol. The van der Waals surface area contributed by atoms with E-state index in [0.717, 1.165) is 16.9 Å². The van der Waals surface area contributed by atoms with Crippen molar-refractivity contribution in [3.63, 3.8) is 0 Å². The Morgan fingerprint density at radius 2 is 2.06 bits per heavy atom. The summed E-state index contributed by atoms with van der Waals surface area (Å²) >= 11 is 0. The molecule has 0 radical (unpaired) electrons. The molecule has 0 saturated heterocycles. The Balaban J connectivity index is 2.54. The molecule has 0 unspecified atom stereocenters. The molecule has 0 fully saturated rings. The quantitative estimate of drug-likeness (QED) is 0.765. The van der Waals surface area contributed by atoms with Gasteiger partial charge in [-0.1, -0.05) is 18.2 Å². The molecule has 1 heterocycles. The van der Waals surface area contributed by atoms with Crippen LogP contribution in [0.15, 0.2) is 42.7 Å². The summed E-state index contributed by atoms with van der Waals surface area (Å²) in [6.45, 7) is 0. The molecule has 0 saturated carbocycles. The number of aromatic nitrogens is 1. The van der Waals surface area contributed by atoms with E-state index >= 15 is 0 Å². The van der Waals surface area contributed by atoms with Crippen molar-refractivity contribution in [2.75, 3.05) is 7.11 Å². The zero-order valence-corrected chi connectivity index (χ0v) is 8.84. The lowest BCUT2D eigenvalue weighted by Gasteiger charge is -2.07. The van der Waals surface area contributed by atoms with Crippen LogP contribution in [0.25, 0.3) is 11.1 Å². The van der Waals surface area contributed by atoms with Crippen LogP contribution in [0.1, 0.15) is 5.56 Å². The number of hydrogen-bond acceptors (Lipinski definition) is 3. The van der Waals surface area contributed by atoms with Gasteiger partial charge in [0.25, 0.3) is 0 Å². The van der Waals surface area contributed by atoms with Crippen molar-refractivity contribution in [1.29, 1.82) is 5.26 Å². The lowest BCUT2D eigenvalue weighted by atomic mass is 10.1. The summed E-state index contributed by atoms with van der Waals surface area (Å²) in [6, 6.07) is 11.5. The van der Waals surface area contributed by atoms with Crippen LogP contribution in [0.2, 0.25) is 0 Å². The number of nitrogens with zero attached hydrogens (tertiary/aromatic N) is 2. The van der Waals surface area contributed by atoms with Crippen molar-refractivity contribution in [3.8, 4) is 22.9 Å². The Morgan fingerprint density at radius 1 is 1.25 bits per heavy atom. The number of ether oxygens (including phenoxy) is 1. The number of benzene rings is 1. The summed E-state index contributed by atoms with van der Waals surface area (Å²) in [5.41, 5.74) is 2.37. The number of methoxy groups -OCH3 is 1. The first-order valence-corrected chi connectivity index (χ1v) is 4.83. The molecule has 0 spiro atoms. The van der Waals surface area contributed by atoms with Gasteiger partial charge in [-0.05, 0) is 12.1 Å². The molecule has 0 N–H and O–H groups in total. The fourth-order valence-corrected chi connectivity index (χ4v) is 1.53. The third-order valence-electron chi connectivity index (χ3n) is 2.29. The molecule has 1 aromatic carbocycles. The van der Waals surface area contributed by atoms with Gasteiger partial charge in [-0.25, -0.2) is 0 Å². The van der Waals surface area contributed by atoms with E-state index in [1.165, 1.54) is 0 Å². The van der Waals surface area contributed by atoms with Gasteiger partial charge in [0, 0.05) is 23.5 Å². The molecule has 0 amide bonds. The SMILES string of the molecule is COc1ccccc1-c1cncc(C#N)c1. The highest BCUT2D eigenvalue weighted by Gasteiger charge is 2.05. The van der Waals surface area contributed by atoms with Crippen LogP contribution in [0.3, 0.4) is 0 Å². The van der Waals surface area contributed by atoms with E-state index in [1.807, 2.05) is 24.3 Å². The first-order chi connectivity index (χ1) is 7.85. The molecule has 2 aromatic rings. The van der Waals surface area contributed by atoms with Crippen LogP contribution in [0.5, 0.6) is 5.75 Å². The molecule has 2 rings (SSSR count). The zero-order chi connectivity index (χ0) is 11.4. The minimum absolute atomic E-state index is 0.545. The molecule has 0 bridgehead atoms. The van der Waals surface area contributed by atoms with E-state index in [1.54, 1.807) is 25.6 Å². The highest BCUT2D eigenvalue weighted by Crippen LogP contribution is 2.29. The summed E-state index contributed by atoms with van der Waals surface area (Å²) in [7, 11) is 1.63. The largest absolute Gasteiger partial charge is 0.496 e. The molecule has 0 aliphatic rings. The maximum atomic E-state index is 8.81. The molecule has 3 heteroatoms. The third-order valence-corrected chi connectivity index (χ3v) is 2.29. The molecule has 0 aliphatic carbocycles. The van der Waals surface area contributed by atoms with Crippen molar-refractivity contribution in [2.45, 2.75) is 0 Å². The van der Waals surface area contributed by atoms with Gasteiger partial charge in [-0.2, -0.15) is 5.26 Å². The maximum absolute atomic E-state index is 8.81. The van der Waals surface area contributed by atoms with Crippen LogP contribution in [-0.4, -0.2) is 12.1 Å². The van der Waals surface area contributed by atoms with Crippen molar-refractivity contribution in [3.05, 3.63) is 48.3 Å². The van der Waals surface area contributed by atoms with E-state index in [9.17, 15) is 0 Å². The predicted molar refractivity (Wildman–Crippen MR) is 60.9 cm³/mol. The highest BCUT2D eigenvalue weighted by atomic mass is 16.5. The number of nitriles is 1. The van der Waals surface area contributed by atoms with E-state index in [2.05, 4.69) is 11.1 Å². The van der Waals surface area contributed by atoms with Gasteiger partial charge < -0.3 is 4.74 Å². The first kappa shape index (κ1) is 10.2. The second-order valence-corrected chi connectivity index (χ2v) is 3.27. The molecule has 0 atom stereocenters. The molecule has 3 nitrogen and oxygen atoms in total. The Kier molecular flexibility index (Phi) is 2.84. The normalized spacial score (nSPS) is 9.50. The van der Waals surface area contributed by atoms with Gasteiger partial charge in [0.05, 0.1) is 12.7 Å². The number of para-hydroxylation sites is 1. The fourth-order valence-electron chi connectivity index (χ4n) is 1.53. The monoisotopic (exact) mass is 210 g/mol. The number of pyridine rings is 1. The molecule has 1 aromatic heterocycles. The number of hydrogen-bond donors (Lipinski definition) is 0. The Hall–Kier alpha value is -2.34. The van der Waals surface area contributed by atoms with Crippen molar-refractivity contribution < 1.29 is 4.74 Å². The standard InChI is InChI=1S/C13H10N2O/c1-16-13-5-3-2-4-12(13)11-6-10(7-14)8-15-9-11/h2-6,8-9H,1H3. The lowest BCUT2D eigenvalue weighted by Crippen LogP contribution is -1.88. The van der Waals surface area contributed by atoms with Crippen molar-refractivity contribution in [1.82, 2.24) is 4.98 Å². The van der Waals surface area contributed by atoms with Crippen LogP contribution >= 0.6 is 0 Å². The minimum Gasteiger partial charge on any atom is -0.496 e. The maximum Gasteiger partial charge on any atom is 0.126 e. The first-order valence-electron chi connectivity index (χ1n) is 4.83. The smallest absolute Gasteiger partial charge is 0.126 e. The molecule has 78 valence electrons. The van der Waals surface area contributed by atoms with E-state index < -0.39 is 0 Å². The van der Waals surface area contributed by atoms with Gasteiger partial charge in [0.15, 0.2) is 0 Å². The van der Waals surface area contributed by atoms with Gasteiger partial charge in [-0.15, -0.1) is 0 Å². The summed E-state index contributed by atoms with van der Waals surface area (Å²) in [5, 5.41) is 8.81. The topological polar surface area (TPSA) is 45.9 Å². The molecule has 16 heavy (non-hydrogen) atoms. The van der Waals surface area contributed by atoms with Gasteiger partial charge in [-0.3, -0.25) is 4.98 Å². The lowest BCUT2D eigenvalue weighted by molar-refractivity contribution is 0.416. The summed E-state index contributed by atoms with van der Waals surface area (Å²) in [5.74, 6) is 0.777. The van der Waals surface area contributed by atoms with Crippen molar-refractivity contribution >= 4 is 0 Å². The highest BCUT2D eigenvalue weighted by molar-refractivity contribution is 5.70. The number of rotatable bonds is 2. The summed E-state index contributed by atoms with van der Waals surface area (Å²) in [6.07, 6.45) is 3.26. The van der Waals surface area contributed by atoms with Crippen LogP contribution in [-0.2, 0) is 0 Å². The minimum atomic E-state index is 0.545. The van der Waals surface area contributed by atoms with E-state index in [4.69, 9.17) is 10.00 Å². The molecular formula is C13H10N2O. The van der Waals surface area contributed by atoms with Crippen molar-refractivity contribution in [2.24, 2.45) is 0 Å². The predicted octanol–water partition coefficient (Wildman–Crippen LogP) is 2.63. The van der Waals surface area contributed by atoms with Crippen LogP contribution in [0, 0.1) is 11.3 Å². The summed E-state index contributed by atoms with van der Waals surface area (Å²) in [4.78, 5) is 4.03. The Bertz CT molecular complexity index is 544.